The van der Waals surface area contributed by atoms with E-state index in [0.717, 1.165) is 114 Å². The van der Waals surface area contributed by atoms with Crippen LogP contribution in [0.4, 0.5) is 0 Å². The zero-order valence-electron chi connectivity index (χ0n) is 44.4. The second-order valence-corrected chi connectivity index (χ2v) is 18.9. The van der Waals surface area contributed by atoms with E-state index in [1.807, 2.05) is 37.2 Å². The molecule has 1 aliphatic carbocycles. The highest BCUT2D eigenvalue weighted by Crippen LogP contribution is 2.51. The Morgan fingerprint density at radius 1 is 0.588 bits per heavy atom. The zero-order valence-corrected chi connectivity index (χ0v) is 44.4. The Morgan fingerprint density at radius 3 is 1.63 bits per heavy atom. The van der Waals surface area contributed by atoms with Crippen molar-refractivity contribution < 1.29 is 47.8 Å². The van der Waals surface area contributed by atoms with E-state index in [1.54, 1.807) is 12.2 Å². The number of benzene rings is 2. The number of hydrogen-bond donors (Lipinski definition) is 1. The van der Waals surface area contributed by atoms with Crippen LogP contribution in [0.2, 0.25) is 0 Å². The quantitative estimate of drug-likeness (QED) is 0.0392. The molecule has 0 bridgehead atoms. The number of nitrogens with zero attached hydrogens (tertiary/aromatic N) is 1. The molecule has 5 unspecified atom stereocenters. The number of ether oxygens (including phenoxy) is 8. The van der Waals surface area contributed by atoms with Crippen molar-refractivity contribution in [3.8, 4) is 28.7 Å². The summed E-state index contributed by atoms with van der Waals surface area (Å²) >= 11 is 0. The molecular formula is C57H95NO10. The van der Waals surface area contributed by atoms with Crippen LogP contribution in [0.1, 0.15) is 198 Å². The fourth-order valence-corrected chi connectivity index (χ4v) is 8.43. The van der Waals surface area contributed by atoms with E-state index in [4.69, 9.17) is 37.9 Å². The van der Waals surface area contributed by atoms with Gasteiger partial charge in [0, 0.05) is 62.0 Å². The van der Waals surface area contributed by atoms with Crippen molar-refractivity contribution in [2.45, 2.75) is 195 Å². The molecule has 1 N–H and O–H groups in total. The molecule has 2 aromatic carbocycles. The average molecular weight is 954 g/mol. The van der Waals surface area contributed by atoms with Crippen LogP contribution in [0.5, 0.6) is 28.7 Å². The first-order valence-corrected chi connectivity index (χ1v) is 27.0. The number of hydrogen-bond acceptors (Lipinski definition) is 11. The van der Waals surface area contributed by atoms with Crippen molar-refractivity contribution in [2.24, 2.45) is 5.92 Å². The molecule has 11 nitrogen and oxygen atoms in total. The van der Waals surface area contributed by atoms with E-state index >= 15 is 4.79 Å². The molecule has 2 aromatic rings. The summed E-state index contributed by atoms with van der Waals surface area (Å²) < 4.78 is 54.1. The molecular weight excluding hydrogens is 859 g/mol. The topological polar surface area (TPSA) is 114 Å². The molecule has 0 saturated heterocycles. The highest BCUT2D eigenvalue weighted by atomic mass is 16.6. The summed E-state index contributed by atoms with van der Waals surface area (Å²) in [5.74, 6) is 1.50. The maximum Gasteiger partial charge on any atom is 0.193 e. The molecule has 0 radical (unpaired) electrons. The molecule has 1 saturated carbocycles. The third kappa shape index (κ3) is 19.4. The molecule has 0 spiro atoms. The minimum Gasteiger partial charge on any atom is -0.504 e. The van der Waals surface area contributed by atoms with Gasteiger partial charge in [-0.3, -0.25) is 4.79 Å². The van der Waals surface area contributed by atoms with Gasteiger partial charge in [-0.25, -0.2) is 0 Å². The summed E-state index contributed by atoms with van der Waals surface area (Å²) in [5.41, 5.74) is 2.64. The number of ketones is 1. The summed E-state index contributed by atoms with van der Waals surface area (Å²) in [7, 11) is 3.92. The van der Waals surface area contributed by atoms with Gasteiger partial charge in [0.05, 0.1) is 45.2 Å². The number of carbonyl (C=O) groups excluding carboxylic acids is 1. The number of carbonyl (C=O) groups is 1. The summed E-state index contributed by atoms with van der Waals surface area (Å²) in [6.07, 6.45) is 17.9. The van der Waals surface area contributed by atoms with Crippen LogP contribution in [0, 0.1) is 5.92 Å². The lowest BCUT2D eigenvalue weighted by Gasteiger charge is -2.47. The third-order valence-corrected chi connectivity index (χ3v) is 12.4. The summed E-state index contributed by atoms with van der Waals surface area (Å²) in [6, 6.07) is 5.67. The van der Waals surface area contributed by atoms with Crippen LogP contribution >= 0.6 is 0 Å². The van der Waals surface area contributed by atoms with Gasteiger partial charge in [-0.2, -0.15) is 0 Å². The molecule has 3 rings (SSSR count). The minimum absolute atomic E-state index is 0.0301. The average Bonchev–Trinajstić information content (AvgIpc) is 3.32. The van der Waals surface area contributed by atoms with Gasteiger partial charge in [0.2, 0.25) is 0 Å². The van der Waals surface area contributed by atoms with Crippen LogP contribution in [-0.4, -0.2) is 108 Å². The second kappa shape index (κ2) is 34.9. The fraction of sp³-hybridized carbons (Fsp3) is 0.737. The molecule has 388 valence electrons. The van der Waals surface area contributed by atoms with Crippen molar-refractivity contribution in [1.82, 2.24) is 4.90 Å². The van der Waals surface area contributed by atoms with Crippen molar-refractivity contribution in [3.05, 3.63) is 46.5 Å². The van der Waals surface area contributed by atoms with Gasteiger partial charge in [0.15, 0.2) is 17.3 Å². The Kier molecular flexibility index (Phi) is 30.2. The minimum atomic E-state index is -0.428. The smallest absolute Gasteiger partial charge is 0.193 e. The lowest BCUT2D eigenvalue weighted by Crippen LogP contribution is -2.55. The summed E-state index contributed by atoms with van der Waals surface area (Å²) in [5, 5.41) is 11.3. The zero-order chi connectivity index (χ0) is 49.5. The van der Waals surface area contributed by atoms with E-state index in [9.17, 15) is 5.11 Å². The first kappa shape index (κ1) is 59.0. The van der Waals surface area contributed by atoms with E-state index < -0.39 is 12.2 Å². The molecule has 0 aromatic heterocycles. The predicted octanol–water partition coefficient (Wildman–Crippen LogP) is 13.5. The molecule has 1 aliphatic rings. The van der Waals surface area contributed by atoms with Crippen molar-refractivity contribution >= 4 is 11.9 Å². The normalized spacial score (nSPS) is 18.4. The number of phenols is 1. The molecule has 5 atom stereocenters. The number of unbranched alkanes of at least 4 members (excludes halogenated alkanes) is 8. The fourth-order valence-electron chi connectivity index (χ4n) is 8.43. The van der Waals surface area contributed by atoms with Gasteiger partial charge in [-0.15, -0.1) is 0 Å². The third-order valence-electron chi connectivity index (χ3n) is 12.4. The van der Waals surface area contributed by atoms with Crippen LogP contribution in [0.25, 0.3) is 6.08 Å². The van der Waals surface area contributed by atoms with Gasteiger partial charge in [0.25, 0.3) is 0 Å². The van der Waals surface area contributed by atoms with Gasteiger partial charge in [-0.05, 0) is 95.7 Å². The van der Waals surface area contributed by atoms with E-state index in [-0.39, 0.29) is 29.5 Å². The van der Waals surface area contributed by atoms with Gasteiger partial charge < -0.3 is 47.9 Å². The Labute approximate surface area is 413 Å². The first-order chi connectivity index (χ1) is 33.1. The summed E-state index contributed by atoms with van der Waals surface area (Å²) in [6.45, 7) is 22.5. The first-order valence-electron chi connectivity index (χ1n) is 27.0. The number of rotatable bonds is 39. The van der Waals surface area contributed by atoms with Crippen LogP contribution in [0.15, 0.2) is 24.3 Å². The molecule has 11 heteroatoms. The van der Waals surface area contributed by atoms with Crippen molar-refractivity contribution in [1.29, 1.82) is 0 Å². The van der Waals surface area contributed by atoms with Gasteiger partial charge in [0.1, 0.15) is 28.9 Å². The Balaban J connectivity index is 2.45. The lowest BCUT2D eigenvalue weighted by atomic mass is 9.71. The Morgan fingerprint density at radius 2 is 1.07 bits per heavy atom. The molecule has 1 fully saturated rings. The monoisotopic (exact) mass is 954 g/mol. The van der Waals surface area contributed by atoms with E-state index in [1.165, 1.54) is 0 Å². The van der Waals surface area contributed by atoms with Gasteiger partial charge >= 0.3 is 0 Å². The Bertz CT molecular complexity index is 1700. The highest BCUT2D eigenvalue weighted by molar-refractivity contribution is 6.11. The number of aromatic hydroxyl groups is 1. The van der Waals surface area contributed by atoms with E-state index in [0.29, 0.717) is 107 Å². The molecule has 0 amide bonds. The van der Waals surface area contributed by atoms with Gasteiger partial charge in [-0.1, -0.05) is 113 Å². The number of phenolic OH excluding ortho intramolecular Hbond substituents is 1. The standard InChI is InChI=1S/C57H95NO10/c1-11-19-29-61-42-45-39-46(55(66-34-24-16-6)57(68-36-26-18-8)54(45)65-33-23-15-5)51-48(62-30-20-12-2)40-49(63-31-21-13-3)52(56(51)67-35-25-17-7)47(59)28-27-43-37-44(41-58(9)10)53(60)50(38-43)64-32-22-14-4/h27-28,37-38,40,45-46,54-55,57,60H,11-26,29-36,39,41-42H2,1-10H3/b28-27+. The second-order valence-electron chi connectivity index (χ2n) is 18.9. The highest BCUT2D eigenvalue weighted by Gasteiger charge is 2.50. The van der Waals surface area contributed by atoms with Crippen molar-refractivity contribution in [3.63, 3.8) is 0 Å². The number of allylic oxidation sites excluding steroid dienone is 1. The SMILES string of the molecule is CCCCOCC1CC(c2c(OCCCC)cc(OCCCC)c(C(=O)/C=C/c3cc(CN(C)C)c(O)c(OCCCC)c3)c2OCCCC)C(OCCCC)C(OCCCC)C1OCCCC. The van der Waals surface area contributed by atoms with Crippen LogP contribution < -0.4 is 18.9 Å². The van der Waals surface area contributed by atoms with Crippen LogP contribution in [0.3, 0.4) is 0 Å². The Hall–Kier alpha value is -3.35. The maximum absolute atomic E-state index is 15.3. The maximum atomic E-state index is 15.3. The molecule has 68 heavy (non-hydrogen) atoms. The molecule has 0 aliphatic heterocycles. The lowest BCUT2D eigenvalue weighted by molar-refractivity contribution is -0.191. The molecule has 0 heterocycles. The van der Waals surface area contributed by atoms with Crippen molar-refractivity contribution in [2.75, 3.05) is 73.6 Å². The largest absolute Gasteiger partial charge is 0.504 e. The summed E-state index contributed by atoms with van der Waals surface area (Å²) in [4.78, 5) is 17.3. The van der Waals surface area contributed by atoms with Crippen LogP contribution in [-0.2, 0) is 25.5 Å². The predicted molar refractivity (Wildman–Crippen MR) is 277 cm³/mol. The van der Waals surface area contributed by atoms with E-state index in [2.05, 4.69) is 55.4 Å².